The molecule has 0 aromatic rings. The number of carbonyl (C=O) groups is 3. The molecule has 0 bridgehead atoms. The predicted molar refractivity (Wildman–Crippen MR) is 59.7 cm³/mol. The van der Waals surface area contributed by atoms with Crippen molar-refractivity contribution >= 4 is 17.8 Å². The van der Waals surface area contributed by atoms with Crippen LogP contribution in [-0.2, 0) is 19.1 Å². The molecule has 0 aromatic carbocycles. The molecule has 1 fully saturated rings. The number of hydrogen-bond donors (Lipinski definition) is 5. The molecule has 5 unspecified atom stereocenters. The summed E-state index contributed by atoms with van der Waals surface area (Å²) in [6.07, 6.45) is -4.97. The van der Waals surface area contributed by atoms with Crippen molar-refractivity contribution in [3.63, 3.8) is 0 Å². The van der Waals surface area contributed by atoms with E-state index < -0.39 is 48.4 Å². The number of rotatable bonds is 3. The van der Waals surface area contributed by atoms with Gasteiger partial charge in [-0.15, -0.1) is 0 Å². The Hall–Kier alpha value is -1.71. The molecule has 0 aromatic heterocycles. The molecule has 108 valence electrons. The smallest absolute Gasteiger partial charge is 0.335 e. The highest BCUT2D eigenvalue weighted by Gasteiger charge is 2.48. The lowest BCUT2D eigenvalue weighted by Crippen LogP contribution is -2.69. The monoisotopic (exact) mass is 276 g/mol. The van der Waals surface area contributed by atoms with E-state index in [1.165, 1.54) is 6.92 Å². The third-order valence-corrected chi connectivity index (χ3v) is 2.64. The topological polar surface area (TPSA) is 145 Å². The largest absolute Gasteiger partial charge is 0.479 e. The zero-order chi connectivity index (χ0) is 14.7. The minimum Gasteiger partial charge on any atom is -0.479 e. The van der Waals surface area contributed by atoms with Gasteiger partial charge in [0, 0.05) is 13.8 Å². The first-order chi connectivity index (χ1) is 8.73. The van der Waals surface area contributed by atoms with E-state index in [-0.39, 0.29) is 0 Å². The number of carboxylic acids is 1. The third kappa shape index (κ3) is 3.63. The number of amides is 2. The molecule has 1 heterocycles. The number of hydrogen-bond acceptors (Lipinski definition) is 6. The lowest BCUT2D eigenvalue weighted by atomic mass is 9.93. The Bertz CT molecular complexity index is 386. The van der Waals surface area contributed by atoms with Gasteiger partial charge < -0.3 is 30.7 Å². The van der Waals surface area contributed by atoms with Crippen LogP contribution in [0.25, 0.3) is 0 Å². The maximum atomic E-state index is 11.1. The number of ether oxygens (including phenoxy) is 1. The number of carboxylic acid groups (broad SMARTS) is 1. The Morgan fingerprint density at radius 2 is 1.47 bits per heavy atom. The van der Waals surface area contributed by atoms with Crippen molar-refractivity contribution in [1.82, 2.24) is 10.6 Å². The molecular formula is C10H16N2O7. The van der Waals surface area contributed by atoms with Crippen LogP contribution in [0, 0.1) is 0 Å². The lowest BCUT2D eigenvalue weighted by molar-refractivity contribution is -0.229. The third-order valence-electron chi connectivity index (χ3n) is 2.64. The van der Waals surface area contributed by atoms with Gasteiger partial charge in [0.2, 0.25) is 11.8 Å². The van der Waals surface area contributed by atoms with Crippen molar-refractivity contribution in [1.29, 1.82) is 0 Å². The van der Waals surface area contributed by atoms with Crippen LogP contribution in [0.2, 0.25) is 0 Å². The maximum absolute atomic E-state index is 11.1. The number of aliphatic carboxylic acids is 1. The molecule has 5 atom stereocenters. The van der Waals surface area contributed by atoms with E-state index in [9.17, 15) is 24.6 Å². The standard InChI is InChI=1S/C10H16N2O7/c1-3(13)11-5-6(12-4(2)14)10(18)19-8(7(5)15)9(16)17/h5-8,10,15,18H,1-2H3,(H,11,13)(H,12,14)(H,16,17). The van der Waals surface area contributed by atoms with Gasteiger partial charge in [-0.05, 0) is 0 Å². The van der Waals surface area contributed by atoms with Gasteiger partial charge in [0.25, 0.3) is 0 Å². The second kappa shape index (κ2) is 5.95. The fraction of sp³-hybridized carbons (Fsp3) is 0.700. The second-order valence-corrected chi connectivity index (χ2v) is 4.23. The highest BCUT2D eigenvalue weighted by Crippen LogP contribution is 2.20. The summed E-state index contributed by atoms with van der Waals surface area (Å²) in [5, 5.41) is 33.0. The van der Waals surface area contributed by atoms with Gasteiger partial charge in [-0.3, -0.25) is 9.59 Å². The van der Waals surface area contributed by atoms with Gasteiger partial charge in [0.05, 0.1) is 6.04 Å². The summed E-state index contributed by atoms with van der Waals surface area (Å²) in [5.41, 5.74) is 0. The van der Waals surface area contributed by atoms with Crippen LogP contribution < -0.4 is 10.6 Å². The van der Waals surface area contributed by atoms with E-state index in [0.717, 1.165) is 6.92 Å². The highest BCUT2D eigenvalue weighted by molar-refractivity contribution is 5.77. The van der Waals surface area contributed by atoms with Crippen LogP contribution in [0.15, 0.2) is 0 Å². The maximum Gasteiger partial charge on any atom is 0.335 e. The van der Waals surface area contributed by atoms with Crippen LogP contribution in [0.1, 0.15) is 13.8 Å². The van der Waals surface area contributed by atoms with Crippen molar-refractivity contribution in [2.24, 2.45) is 0 Å². The van der Waals surface area contributed by atoms with Crippen LogP contribution in [0.5, 0.6) is 0 Å². The van der Waals surface area contributed by atoms with E-state index in [0.29, 0.717) is 0 Å². The molecule has 1 rings (SSSR count). The first-order valence-electron chi connectivity index (χ1n) is 5.52. The Kier molecular flexibility index (Phi) is 4.81. The minimum absolute atomic E-state index is 0.524. The fourth-order valence-electron chi connectivity index (χ4n) is 1.90. The SMILES string of the molecule is CC(=O)NC1C(O)OC(C(=O)O)C(O)C1NC(C)=O. The zero-order valence-corrected chi connectivity index (χ0v) is 10.4. The molecule has 9 heteroatoms. The molecule has 0 spiro atoms. The van der Waals surface area contributed by atoms with Crippen LogP contribution in [0.4, 0.5) is 0 Å². The first kappa shape index (κ1) is 15.3. The van der Waals surface area contributed by atoms with Crippen LogP contribution >= 0.6 is 0 Å². The molecule has 0 aliphatic carbocycles. The van der Waals surface area contributed by atoms with Gasteiger partial charge in [0.15, 0.2) is 12.4 Å². The summed E-state index contributed by atoms with van der Waals surface area (Å²) in [7, 11) is 0. The quantitative estimate of drug-likeness (QED) is 0.373. The molecule has 2 amide bonds. The Morgan fingerprint density at radius 3 is 1.89 bits per heavy atom. The molecule has 1 aliphatic rings. The normalized spacial score (nSPS) is 34.4. The van der Waals surface area contributed by atoms with Gasteiger partial charge in [0.1, 0.15) is 12.1 Å². The van der Waals surface area contributed by atoms with Crippen molar-refractivity contribution < 1.29 is 34.4 Å². The molecule has 5 N–H and O–H groups in total. The first-order valence-corrected chi connectivity index (χ1v) is 5.52. The summed E-state index contributed by atoms with van der Waals surface area (Å²) in [5.74, 6) is -2.55. The number of carbonyl (C=O) groups excluding carboxylic acids is 2. The molecular weight excluding hydrogens is 260 g/mol. The molecule has 9 nitrogen and oxygen atoms in total. The van der Waals surface area contributed by atoms with E-state index in [1.54, 1.807) is 0 Å². The van der Waals surface area contributed by atoms with Gasteiger partial charge in [-0.25, -0.2) is 4.79 Å². The van der Waals surface area contributed by atoms with Crippen LogP contribution in [0.3, 0.4) is 0 Å². The molecule has 1 saturated heterocycles. The second-order valence-electron chi connectivity index (χ2n) is 4.23. The lowest BCUT2D eigenvalue weighted by Gasteiger charge is -2.41. The number of aliphatic hydroxyl groups excluding tert-OH is 2. The average Bonchev–Trinajstić information content (AvgIpc) is 2.26. The molecule has 19 heavy (non-hydrogen) atoms. The Balaban J connectivity index is 2.98. The van der Waals surface area contributed by atoms with Crippen molar-refractivity contribution in [2.75, 3.05) is 0 Å². The van der Waals surface area contributed by atoms with Gasteiger partial charge in [-0.2, -0.15) is 0 Å². The number of nitrogens with one attached hydrogen (secondary N) is 2. The van der Waals surface area contributed by atoms with E-state index in [2.05, 4.69) is 10.6 Å². The summed E-state index contributed by atoms with van der Waals surface area (Å²) < 4.78 is 4.73. The van der Waals surface area contributed by atoms with Crippen molar-refractivity contribution in [2.45, 2.75) is 44.4 Å². The van der Waals surface area contributed by atoms with Gasteiger partial charge >= 0.3 is 5.97 Å². The fourth-order valence-corrected chi connectivity index (χ4v) is 1.90. The summed E-state index contributed by atoms with van der Waals surface area (Å²) in [4.78, 5) is 33.0. The summed E-state index contributed by atoms with van der Waals surface area (Å²) >= 11 is 0. The highest BCUT2D eigenvalue weighted by atomic mass is 16.6. The van der Waals surface area contributed by atoms with Gasteiger partial charge in [-0.1, -0.05) is 0 Å². The number of aliphatic hydroxyl groups is 2. The predicted octanol–water partition coefficient (Wildman–Crippen LogP) is -2.84. The summed E-state index contributed by atoms with van der Waals surface area (Å²) in [6, 6.07) is -2.32. The molecule has 0 radical (unpaired) electrons. The van der Waals surface area contributed by atoms with Crippen molar-refractivity contribution in [3.05, 3.63) is 0 Å². The van der Waals surface area contributed by atoms with E-state index >= 15 is 0 Å². The summed E-state index contributed by atoms with van der Waals surface area (Å²) in [6.45, 7) is 2.34. The molecule has 1 aliphatic heterocycles. The van der Waals surface area contributed by atoms with E-state index in [1.807, 2.05) is 0 Å². The Morgan fingerprint density at radius 1 is 1.00 bits per heavy atom. The average molecular weight is 276 g/mol. The van der Waals surface area contributed by atoms with Crippen LogP contribution in [-0.4, -0.2) is 63.7 Å². The van der Waals surface area contributed by atoms with E-state index in [4.69, 9.17) is 9.84 Å². The minimum atomic E-state index is -1.70. The Labute approximate surface area is 108 Å². The van der Waals surface area contributed by atoms with Crippen molar-refractivity contribution in [3.8, 4) is 0 Å². The molecule has 0 saturated carbocycles. The zero-order valence-electron chi connectivity index (χ0n) is 10.4.